The Morgan fingerprint density at radius 2 is 1.79 bits per heavy atom. The Balaban J connectivity index is 1.36. The van der Waals surface area contributed by atoms with Crippen molar-refractivity contribution in [3.63, 3.8) is 0 Å². The van der Waals surface area contributed by atoms with Crippen molar-refractivity contribution in [2.75, 3.05) is 32.7 Å². The molecule has 1 aliphatic carbocycles. The fourth-order valence-corrected chi connectivity index (χ4v) is 5.89. The van der Waals surface area contributed by atoms with Crippen LogP contribution in [0.2, 0.25) is 0 Å². The van der Waals surface area contributed by atoms with Gasteiger partial charge < -0.3 is 30.4 Å². The standard InChI is InChI=1S/C31H39F2N5O4/c1-2-11-37-19-26(38(31(37)42)18-21-8-9-21)29(40)35-25(15-22-13-23(32)16-24(33)14-22)28(39)27-30(41)36(12-10-34-27)17-20-6-4-3-5-7-20/h3-7,13-14,16,21,25-28,34,39H,2,8-12,15,17-19H2,1H3,(H,35,40)/t25-,26?,27-,28-/m0/s1. The summed E-state index contributed by atoms with van der Waals surface area (Å²) < 4.78 is 28.2. The van der Waals surface area contributed by atoms with Gasteiger partial charge in [0.2, 0.25) is 11.8 Å². The highest BCUT2D eigenvalue weighted by Gasteiger charge is 2.45. The summed E-state index contributed by atoms with van der Waals surface area (Å²) >= 11 is 0. The summed E-state index contributed by atoms with van der Waals surface area (Å²) in [5.74, 6) is -1.99. The highest BCUT2D eigenvalue weighted by atomic mass is 19.1. The SMILES string of the molecule is CCCN1CC(C(=O)N[C@@H](Cc2cc(F)cc(F)c2)[C@H](O)[C@@H]2NCCN(Cc3ccccc3)C2=O)N(CC2CC2)C1=O. The minimum atomic E-state index is -1.41. The number of urea groups is 1. The number of rotatable bonds is 12. The number of carbonyl (C=O) groups is 3. The highest BCUT2D eigenvalue weighted by Crippen LogP contribution is 2.32. The zero-order valence-corrected chi connectivity index (χ0v) is 23.8. The number of nitrogens with zero attached hydrogens (tertiary/aromatic N) is 3. The van der Waals surface area contributed by atoms with Crippen molar-refractivity contribution in [1.82, 2.24) is 25.3 Å². The summed E-state index contributed by atoms with van der Waals surface area (Å²) in [5, 5.41) is 17.5. The van der Waals surface area contributed by atoms with Crippen LogP contribution in [-0.4, -0.2) is 94.6 Å². The molecular formula is C31H39F2N5O4. The van der Waals surface area contributed by atoms with E-state index in [1.807, 2.05) is 37.3 Å². The fourth-order valence-electron chi connectivity index (χ4n) is 5.89. The molecule has 1 saturated carbocycles. The molecule has 1 unspecified atom stereocenters. The first-order chi connectivity index (χ1) is 20.2. The zero-order chi connectivity index (χ0) is 29.8. The quantitative estimate of drug-likeness (QED) is 0.356. The van der Waals surface area contributed by atoms with E-state index in [-0.39, 0.29) is 30.5 Å². The molecule has 226 valence electrons. The van der Waals surface area contributed by atoms with Gasteiger partial charge in [0.15, 0.2) is 0 Å². The maximum atomic E-state index is 14.1. The van der Waals surface area contributed by atoms with Gasteiger partial charge in [-0.3, -0.25) is 9.59 Å². The summed E-state index contributed by atoms with van der Waals surface area (Å²) in [6.07, 6.45) is 1.24. The van der Waals surface area contributed by atoms with Gasteiger partial charge in [0.1, 0.15) is 23.7 Å². The van der Waals surface area contributed by atoms with Gasteiger partial charge in [-0.2, -0.15) is 0 Å². The van der Waals surface area contributed by atoms with E-state index in [4.69, 9.17) is 0 Å². The van der Waals surface area contributed by atoms with Gasteiger partial charge in [0.25, 0.3) is 0 Å². The highest BCUT2D eigenvalue weighted by molar-refractivity contribution is 5.91. The average Bonchev–Trinajstić information content (AvgIpc) is 3.73. The smallest absolute Gasteiger partial charge is 0.320 e. The molecular weight excluding hydrogens is 544 g/mol. The normalized spacial score (nSPS) is 22.4. The molecule has 4 amide bonds. The second-order valence-corrected chi connectivity index (χ2v) is 11.6. The van der Waals surface area contributed by atoms with Crippen LogP contribution in [0.3, 0.4) is 0 Å². The van der Waals surface area contributed by atoms with E-state index in [0.29, 0.717) is 38.6 Å². The predicted octanol–water partition coefficient (Wildman–Crippen LogP) is 2.28. The first kappa shape index (κ1) is 29.9. The minimum absolute atomic E-state index is 0.117. The van der Waals surface area contributed by atoms with E-state index < -0.39 is 41.8 Å². The maximum Gasteiger partial charge on any atom is 0.320 e. The molecule has 4 atom stereocenters. The number of aliphatic hydroxyl groups is 1. The lowest BCUT2D eigenvalue weighted by atomic mass is 9.93. The van der Waals surface area contributed by atoms with Crippen LogP contribution in [0.1, 0.15) is 37.3 Å². The second-order valence-electron chi connectivity index (χ2n) is 11.6. The van der Waals surface area contributed by atoms with E-state index in [2.05, 4.69) is 10.6 Å². The van der Waals surface area contributed by atoms with Crippen molar-refractivity contribution in [2.24, 2.45) is 5.92 Å². The van der Waals surface area contributed by atoms with Gasteiger partial charge in [-0.1, -0.05) is 37.3 Å². The topological polar surface area (TPSA) is 105 Å². The number of carbonyl (C=O) groups excluding carboxylic acids is 3. The molecule has 0 spiro atoms. The summed E-state index contributed by atoms with van der Waals surface area (Å²) in [7, 11) is 0. The van der Waals surface area contributed by atoms with Crippen LogP contribution < -0.4 is 10.6 Å². The number of amides is 4. The minimum Gasteiger partial charge on any atom is -0.389 e. The molecule has 11 heteroatoms. The molecule has 2 heterocycles. The van der Waals surface area contributed by atoms with Crippen molar-refractivity contribution in [1.29, 1.82) is 0 Å². The lowest BCUT2D eigenvalue weighted by molar-refractivity contribution is -0.141. The third kappa shape index (κ3) is 7.07. The Kier molecular flexibility index (Phi) is 9.37. The van der Waals surface area contributed by atoms with Gasteiger partial charge in [-0.15, -0.1) is 0 Å². The van der Waals surface area contributed by atoms with Crippen molar-refractivity contribution >= 4 is 17.8 Å². The zero-order valence-electron chi connectivity index (χ0n) is 23.8. The third-order valence-corrected chi connectivity index (χ3v) is 8.23. The lowest BCUT2D eigenvalue weighted by Crippen LogP contribution is -2.64. The van der Waals surface area contributed by atoms with Crippen molar-refractivity contribution in [3.05, 3.63) is 71.3 Å². The number of piperazine rings is 1. The van der Waals surface area contributed by atoms with Crippen molar-refractivity contribution < 1.29 is 28.3 Å². The third-order valence-electron chi connectivity index (χ3n) is 8.23. The Hall–Kier alpha value is -3.57. The maximum absolute atomic E-state index is 14.1. The lowest BCUT2D eigenvalue weighted by Gasteiger charge is -2.38. The van der Waals surface area contributed by atoms with Crippen LogP contribution in [0.4, 0.5) is 13.6 Å². The molecule has 2 aliphatic heterocycles. The van der Waals surface area contributed by atoms with Crippen molar-refractivity contribution in [2.45, 2.75) is 63.4 Å². The molecule has 3 fully saturated rings. The number of benzene rings is 2. The van der Waals surface area contributed by atoms with Gasteiger partial charge >= 0.3 is 6.03 Å². The van der Waals surface area contributed by atoms with E-state index in [0.717, 1.165) is 43.0 Å². The number of aliphatic hydroxyl groups excluding tert-OH is 1. The van der Waals surface area contributed by atoms with E-state index >= 15 is 0 Å². The molecule has 0 aromatic heterocycles. The first-order valence-corrected chi connectivity index (χ1v) is 14.8. The molecule has 5 rings (SSSR count). The molecule has 42 heavy (non-hydrogen) atoms. The Labute approximate surface area is 244 Å². The molecule has 2 saturated heterocycles. The Morgan fingerprint density at radius 1 is 1.07 bits per heavy atom. The molecule has 2 aromatic carbocycles. The van der Waals surface area contributed by atoms with Crippen LogP contribution in [0.5, 0.6) is 0 Å². The van der Waals surface area contributed by atoms with E-state index in [1.165, 1.54) is 0 Å². The van der Waals surface area contributed by atoms with E-state index in [9.17, 15) is 28.3 Å². The van der Waals surface area contributed by atoms with Crippen LogP contribution in [0.15, 0.2) is 48.5 Å². The van der Waals surface area contributed by atoms with Crippen LogP contribution in [-0.2, 0) is 22.6 Å². The van der Waals surface area contributed by atoms with Gasteiger partial charge in [0.05, 0.1) is 18.7 Å². The first-order valence-electron chi connectivity index (χ1n) is 14.8. The van der Waals surface area contributed by atoms with Crippen LogP contribution in [0.25, 0.3) is 0 Å². The monoisotopic (exact) mass is 583 g/mol. The number of hydrogen-bond acceptors (Lipinski definition) is 5. The molecule has 9 nitrogen and oxygen atoms in total. The molecule has 3 N–H and O–H groups in total. The summed E-state index contributed by atoms with van der Waals surface area (Å²) in [4.78, 5) is 45.3. The Morgan fingerprint density at radius 3 is 2.45 bits per heavy atom. The molecule has 0 bridgehead atoms. The molecule has 3 aliphatic rings. The van der Waals surface area contributed by atoms with Gasteiger partial charge in [0, 0.05) is 38.8 Å². The number of hydrogen-bond donors (Lipinski definition) is 3. The summed E-state index contributed by atoms with van der Waals surface area (Å²) in [6.45, 7) is 4.42. The number of nitrogens with one attached hydrogen (secondary N) is 2. The molecule has 0 radical (unpaired) electrons. The number of halogens is 2. The van der Waals surface area contributed by atoms with Crippen molar-refractivity contribution in [3.8, 4) is 0 Å². The summed E-state index contributed by atoms with van der Waals surface area (Å²) in [6, 6.07) is 9.49. The second kappa shape index (κ2) is 13.2. The predicted molar refractivity (Wildman–Crippen MR) is 152 cm³/mol. The molecule has 2 aromatic rings. The van der Waals surface area contributed by atoms with Gasteiger partial charge in [-0.25, -0.2) is 13.6 Å². The average molecular weight is 584 g/mol. The van der Waals surface area contributed by atoms with Crippen LogP contribution >= 0.6 is 0 Å². The Bertz CT molecular complexity index is 1260. The van der Waals surface area contributed by atoms with Gasteiger partial charge in [-0.05, 0) is 54.9 Å². The largest absolute Gasteiger partial charge is 0.389 e. The van der Waals surface area contributed by atoms with Crippen LogP contribution in [0, 0.1) is 17.6 Å². The summed E-state index contributed by atoms with van der Waals surface area (Å²) in [5.41, 5.74) is 1.17. The fraction of sp³-hybridized carbons (Fsp3) is 0.516. The van der Waals surface area contributed by atoms with E-state index in [1.54, 1.807) is 14.7 Å².